The molecule has 2 aromatic rings. The van der Waals surface area contributed by atoms with Gasteiger partial charge in [0.1, 0.15) is 0 Å². The number of hydrogen-bond donors (Lipinski definition) is 1. The van der Waals surface area contributed by atoms with Crippen LogP contribution in [0.1, 0.15) is 33.1 Å². The summed E-state index contributed by atoms with van der Waals surface area (Å²) in [5.41, 5.74) is 1.26. The van der Waals surface area contributed by atoms with E-state index in [4.69, 9.17) is 0 Å². The fourth-order valence-electron chi connectivity index (χ4n) is 3.61. The van der Waals surface area contributed by atoms with Crippen molar-refractivity contribution < 1.29 is 0 Å². The van der Waals surface area contributed by atoms with Gasteiger partial charge in [0, 0.05) is 16.2 Å². The molecule has 0 aliphatic heterocycles. The third-order valence-corrected chi connectivity index (χ3v) is 4.84. The second-order valence-electron chi connectivity index (χ2n) is 6.46. The summed E-state index contributed by atoms with van der Waals surface area (Å²) in [7, 11) is 0. The van der Waals surface area contributed by atoms with Crippen LogP contribution < -0.4 is 5.32 Å². The van der Waals surface area contributed by atoms with Crippen molar-refractivity contribution in [3.05, 3.63) is 40.9 Å². The second-order valence-corrected chi connectivity index (χ2v) is 7.38. The standard InChI is InChI=1S/C18H22BrN/c1-12-7-13(2)9-18(8-12)20-17-6-4-14-10-16(19)5-3-15(14)11-17/h3-6,10-13,18,20H,7-9H2,1-2H3. The molecule has 3 rings (SSSR count). The quantitative estimate of drug-likeness (QED) is 0.728. The lowest BCUT2D eigenvalue weighted by Gasteiger charge is -2.32. The number of nitrogens with one attached hydrogen (secondary N) is 1. The van der Waals surface area contributed by atoms with Gasteiger partial charge >= 0.3 is 0 Å². The molecule has 1 aliphatic carbocycles. The van der Waals surface area contributed by atoms with Crippen molar-refractivity contribution >= 4 is 32.4 Å². The molecular weight excluding hydrogens is 310 g/mol. The van der Waals surface area contributed by atoms with Crippen LogP contribution in [0.2, 0.25) is 0 Å². The largest absolute Gasteiger partial charge is 0.382 e. The lowest BCUT2D eigenvalue weighted by atomic mass is 9.80. The minimum absolute atomic E-state index is 0.627. The fourth-order valence-corrected chi connectivity index (χ4v) is 3.99. The lowest BCUT2D eigenvalue weighted by molar-refractivity contribution is 0.281. The predicted molar refractivity (Wildman–Crippen MR) is 91.2 cm³/mol. The molecule has 0 aromatic heterocycles. The highest BCUT2D eigenvalue weighted by atomic mass is 79.9. The predicted octanol–water partition coefficient (Wildman–Crippen LogP) is 5.84. The Hall–Kier alpha value is -1.02. The molecule has 0 spiro atoms. The minimum Gasteiger partial charge on any atom is -0.382 e. The average Bonchev–Trinajstić information content (AvgIpc) is 2.38. The van der Waals surface area contributed by atoms with Gasteiger partial charge in [-0.15, -0.1) is 0 Å². The first-order valence-electron chi connectivity index (χ1n) is 7.56. The van der Waals surface area contributed by atoms with E-state index < -0.39 is 0 Å². The second kappa shape index (κ2) is 5.77. The van der Waals surface area contributed by atoms with Gasteiger partial charge < -0.3 is 5.32 Å². The molecule has 2 unspecified atom stereocenters. The van der Waals surface area contributed by atoms with Crippen molar-refractivity contribution in [3.63, 3.8) is 0 Å². The zero-order valence-electron chi connectivity index (χ0n) is 12.2. The molecule has 1 aliphatic rings. The molecule has 1 fully saturated rings. The molecule has 20 heavy (non-hydrogen) atoms. The van der Waals surface area contributed by atoms with Crippen LogP contribution >= 0.6 is 15.9 Å². The van der Waals surface area contributed by atoms with Crippen LogP contribution in [-0.2, 0) is 0 Å². The van der Waals surface area contributed by atoms with E-state index in [0.717, 1.165) is 16.3 Å². The first kappa shape index (κ1) is 13.9. The van der Waals surface area contributed by atoms with Crippen molar-refractivity contribution in [1.82, 2.24) is 0 Å². The lowest BCUT2D eigenvalue weighted by Crippen LogP contribution is -2.30. The van der Waals surface area contributed by atoms with Crippen LogP contribution in [0.15, 0.2) is 40.9 Å². The van der Waals surface area contributed by atoms with E-state index in [1.165, 1.54) is 35.7 Å². The van der Waals surface area contributed by atoms with E-state index in [0.29, 0.717) is 6.04 Å². The van der Waals surface area contributed by atoms with Gasteiger partial charge in [0.05, 0.1) is 0 Å². The smallest absolute Gasteiger partial charge is 0.0348 e. The van der Waals surface area contributed by atoms with Gasteiger partial charge in [0.25, 0.3) is 0 Å². The van der Waals surface area contributed by atoms with E-state index in [-0.39, 0.29) is 0 Å². The monoisotopic (exact) mass is 331 g/mol. The first-order valence-corrected chi connectivity index (χ1v) is 8.35. The summed E-state index contributed by atoms with van der Waals surface area (Å²) in [5, 5.41) is 6.33. The SMILES string of the molecule is CC1CC(C)CC(Nc2ccc3cc(Br)ccc3c2)C1. The Morgan fingerprint density at radius 1 is 0.900 bits per heavy atom. The van der Waals surface area contributed by atoms with Crippen molar-refractivity contribution in [3.8, 4) is 0 Å². The number of anilines is 1. The van der Waals surface area contributed by atoms with Crippen LogP contribution in [0.3, 0.4) is 0 Å². The maximum atomic E-state index is 3.74. The van der Waals surface area contributed by atoms with Gasteiger partial charge in [0.15, 0.2) is 0 Å². The van der Waals surface area contributed by atoms with Crippen molar-refractivity contribution in [2.45, 2.75) is 39.2 Å². The molecule has 0 bridgehead atoms. The van der Waals surface area contributed by atoms with E-state index in [2.05, 4.69) is 71.5 Å². The highest BCUT2D eigenvalue weighted by Gasteiger charge is 2.23. The summed E-state index contributed by atoms with van der Waals surface area (Å²) in [6.45, 7) is 4.75. The van der Waals surface area contributed by atoms with Crippen LogP contribution in [-0.4, -0.2) is 6.04 Å². The number of hydrogen-bond acceptors (Lipinski definition) is 1. The van der Waals surface area contributed by atoms with E-state index in [9.17, 15) is 0 Å². The molecule has 2 atom stereocenters. The third-order valence-electron chi connectivity index (χ3n) is 4.35. The van der Waals surface area contributed by atoms with Gasteiger partial charge in [-0.2, -0.15) is 0 Å². The summed E-state index contributed by atoms with van der Waals surface area (Å²) in [6.07, 6.45) is 3.97. The zero-order valence-corrected chi connectivity index (χ0v) is 13.8. The normalized spacial score (nSPS) is 26.6. The van der Waals surface area contributed by atoms with Crippen LogP contribution in [0.25, 0.3) is 10.8 Å². The molecule has 1 nitrogen and oxygen atoms in total. The molecule has 0 heterocycles. The fraction of sp³-hybridized carbons (Fsp3) is 0.444. The van der Waals surface area contributed by atoms with Gasteiger partial charge in [-0.3, -0.25) is 0 Å². The zero-order chi connectivity index (χ0) is 14.1. The molecule has 2 heteroatoms. The summed E-state index contributed by atoms with van der Waals surface area (Å²) in [6, 6.07) is 13.8. The molecule has 1 saturated carbocycles. The Labute approximate surface area is 129 Å². The molecule has 106 valence electrons. The Kier molecular flexibility index (Phi) is 4.02. The van der Waals surface area contributed by atoms with Crippen LogP contribution in [0.4, 0.5) is 5.69 Å². The van der Waals surface area contributed by atoms with Crippen molar-refractivity contribution in [2.75, 3.05) is 5.32 Å². The van der Waals surface area contributed by atoms with E-state index in [1.807, 2.05) is 0 Å². The molecule has 0 saturated heterocycles. The van der Waals surface area contributed by atoms with Gasteiger partial charge in [-0.05, 0) is 66.1 Å². The van der Waals surface area contributed by atoms with Crippen LogP contribution in [0, 0.1) is 11.8 Å². The number of fused-ring (bicyclic) bond motifs is 1. The third kappa shape index (κ3) is 3.17. The molecule has 1 N–H and O–H groups in total. The van der Waals surface area contributed by atoms with Gasteiger partial charge in [-0.25, -0.2) is 0 Å². The molecule has 0 amide bonds. The van der Waals surface area contributed by atoms with Crippen molar-refractivity contribution in [1.29, 1.82) is 0 Å². The van der Waals surface area contributed by atoms with Gasteiger partial charge in [0.2, 0.25) is 0 Å². The molecular formula is C18H22BrN. The van der Waals surface area contributed by atoms with E-state index in [1.54, 1.807) is 0 Å². The Morgan fingerprint density at radius 2 is 1.55 bits per heavy atom. The van der Waals surface area contributed by atoms with E-state index >= 15 is 0 Å². The summed E-state index contributed by atoms with van der Waals surface area (Å²) >= 11 is 3.53. The van der Waals surface area contributed by atoms with Gasteiger partial charge in [-0.1, -0.05) is 41.9 Å². The number of halogens is 1. The Bertz CT molecular complexity index is 597. The maximum absolute atomic E-state index is 3.74. The Balaban J connectivity index is 1.79. The highest BCUT2D eigenvalue weighted by Crippen LogP contribution is 2.31. The highest BCUT2D eigenvalue weighted by molar-refractivity contribution is 9.10. The molecule has 2 aromatic carbocycles. The van der Waals surface area contributed by atoms with Crippen molar-refractivity contribution in [2.24, 2.45) is 11.8 Å². The summed E-state index contributed by atoms with van der Waals surface area (Å²) < 4.78 is 1.14. The summed E-state index contributed by atoms with van der Waals surface area (Å²) in [4.78, 5) is 0. The number of rotatable bonds is 2. The molecule has 0 radical (unpaired) electrons. The maximum Gasteiger partial charge on any atom is 0.0348 e. The Morgan fingerprint density at radius 3 is 2.30 bits per heavy atom. The van der Waals surface area contributed by atoms with Crippen LogP contribution in [0.5, 0.6) is 0 Å². The average molecular weight is 332 g/mol. The first-order chi connectivity index (χ1) is 9.60. The topological polar surface area (TPSA) is 12.0 Å². The number of benzene rings is 2. The summed E-state index contributed by atoms with van der Waals surface area (Å²) in [5.74, 6) is 1.68. The minimum atomic E-state index is 0.627.